The number of carboxylic acids is 1. The fourth-order valence-electron chi connectivity index (χ4n) is 1.81. The Morgan fingerprint density at radius 3 is 2.67 bits per heavy atom. The van der Waals surface area contributed by atoms with Gasteiger partial charge in [-0.05, 0) is 31.2 Å². The molecule has 0 bridgehead atoms. The molecular formula is C16H17FN2O4S. The number of ether oxygens (including phenoxy) is 1. The average Bonchev–Trinajstić information content (AvgIpc) is 2.92. The molecule has 0 aliphatic carbocycles. The van der Waals surface area contributed by atoms with Crippen LogP contribution in [-0.2, 0) is 11.4 Å². The monoisotopic (exact) mass is 352 g/mol. The molecule has 1 unspecified atom stereocenters. The van der Waals surface area contributed by atoms with E-state index >= 15 is 0 Å². The molecule has 0 fully saturated rings. The third-order valence-electron chi connectivity index (χ3n) is 3.21. The number of aryl methyl sites for hydroxylation is 1. The third kappa shape index (κ3) is 4.76. The minimum atomic E-state index is -0.968. The number of nitrogens with zero attached hydrogens (tertiary/aromatic N) is 1. The second-order valence-electron chi connectivity index (χ2n) is 5.21. The largest absolute Gasteiger partial charge is 0.486 e. The highest BCUT2D eigenvalue weighted by Gasteiger charge is 2.18. The quantitative estimate of drug-likeness (QED) is 0.800. The normalized spacial score (nSPS) is 11.8. The first-order chi connectivity index (χ1) is 11.4. The molecule has 0 aliphatic rings. The second kappa shape index (κ2) is 7.87. The summed E-state index contributed by atoms with van der Waals surface area (Å²) in [6.07, 6.45) is 0. The van der Waals surface area contributed by atoms with Crippen molar-refractivity contribution in [3.8, 4) is 5.75 Å². The summed E-state index contributed by atoms with van der Waals surface area (Å²) < 4.78 is 18.3. The highest BCUT2D eigenvalue weighted by Crippen LogP contribution is 2.20. The molecule has 1 aromatic heterocycles. The SMILES string of the molecule is Cc1nc(COc2ccc(F)cc2)sc1C(=O)NCC(C)C(=O)O. The van der Waals surface area contributed by atoms with Crippen molar-refractivity contribution in [3.63, 3.8) is 0 Å². The summed E-state index contributed by atoms with van der Waals surface area (Å²) >= 11 is 1.18. The van der Waals surface area contributed by atoms with Gasteiger partial charge in [0.1, 0.15) is 28.1 Å². The van der Waals surface area contributed by atoms with Gasteiger partial charge in [0.05, 0.1) is 11.6 Å². The van der Waals surface area contributed by atoms with Crippen molar-refractivity contribution in [2.24, 2.45) is 5.92 Å². The van der Waals surface area contributed by atoms with E-state index in [1.54, 1.807) is 6.92 Å². The van der Waals surface area contributed by atoms with Gasteiger partial charge in [0, 0.05) is 6.54 Å². The lowest BCUT2D eigenvalue weighted by atomic mass is 10.2. The first-order valence-corrected chi connectivity index (χ1v) is 8.04. The van der Waals surface area contributed by atoms with Gasteiger partial charge in [-0.25, -0.2) is 9.37 Å². The molecule has 0 saturated heterocycles. The molecule has 0 saturated carbocycles. The van der Waals surface area contributed by atoms with Gasteiger partial charge < -0.3 is 15.2 Å². The molecule has 0 aliphatic heterocycles. The lowest BCUT2D eigenvalue weighted by Crippen LogP contribution is -2.31. The van der Waals surface area contributed by atoms with E-state index in [9.17, 15) is 14.0 Å². The fourth-order valence-corrected chi connectivity index (χ4v) is 2.71. The van der Waals surface area contributed by atoms with Gasteiger partial charge in [0.15, 0.2) is 0 Å². The number of carboxylic acid groups (broad SMARTS) is 1. The zero-order valence-corrected chi connectivity index (χ0v) is 14.0. The lowest BCUT2D eigenvalue weighted by Gasteiger charge is -2.07. The van der Waals surface area contributed by atoms with Gasteiger partial charge in [-0.3, -0.25) is 9.59 Å². The van der Waals surface area contributed by atoms with Gasteiger partial charge in [0.25, 0.3) is 5.91 Å². The summed E-state index contributed by atoms with van der Waals surface area (Å²) in [5.74, 6) is -1.83. The number of thiazole rings is 1. The summed E-state index contributed by atoms with van der Waals surface area (Å²) in [5.41, 5.74) is 0.554. The molecule has 1 aromatic carbocycles. The van der Waals surface area contributed by atoms with E-state index in [1.807, 2.05) is 0 Å². The maximum Gasteiger partial charge on any atom is 0.308 e. The van der Waals surface area contributed by atoms with E-state index in [4.69, 9.17) is 9.84 Å². The second-order valence-corrected chi connectivity index (χ2v) is 6.30. The summed E-state index contributed by atoms with van der Waals surface area (Å²) in [6.45, 7) is 3.43. The predicted molar refractivity (Wildman–Crippen MR) is 86.7 cm³/mol. The molecule has 2 rings (SSSR count). The first kappa shape index (κ1) is 17.9. The number of carbonyl (C=O) groups excluding carboxylic acids is 1. The van der Waals surface area contributed by atoms with Crippen LogP contribution in [0.4, 0.5) is 4.39 Å². The number of rotatable bonds is 7. The van der Waals surface area contributed by atoms with Gasteiger partial charge in [-0.1, -0.05) is 6.92 Å². The summed E-state index contributed by atoms with van der Waals surface area (Å²) in [7, 11) is 0. The van der Waals surface area contributed by atoms with Crippen molar-refractivity contribution in [1.29, 1.82) is 0 Å². The number of benzene rings is 1. The topological polar surface area (TPSA) is 88.5 Å². The van der Waals surface area contributed by atoms with Gasteiger partial charge in [-0.15, -0.1) is 11.3 Å². The van der Waals surface area contributed by atoms with Crippen LogP contribution >= 0.6 is 11.3 Å². The van der Waals surface area contributed by atoms with Crippen molar-refractivity contribution in [3.05, 3.63) is 45.7 Å². The number of aromatic nitrogens is 1. The van der Waals surface area contributed by atoms with Crippen LogP contribution in [0.5, 0.6) is 5.75 Å². The summed E-state index contributed by atoms with van der Waals surface area (Å²) in [6, 6.07) is 5.61. The molecule has 0 spiro atoms. The Morgan fingerprint density at radius 1 is 1.38 bits per heavy atom. The van der Waals surface area contributed by atoms with Crippen molar-refractivity contribution >= 4 is 23.2 Å². The van der Waals surface area contributed by atoms with E-state index < -0.39 is 11.9 Å². The van der Waals surface area contributed by atoms with Crippen LogP contribution in [0.25, 0.3) is 0 Å². The lowest BCUT2D eigenvalue weighted by molar-refractivity contribution is -0.140. The molecule has 8 heteroatoms. The van der Waals surface area contributed by atoms with Crippen molar-refractivity contribution in [2.75, 3.05) is 6.54 Å². The van der Waals surface area contributed by atoms with Crippen molar-refractivity contribution < 1.29 is 23.8 Å². The Kier molecular flexibility index (Phi) is 5.86. The minimum absolute atomic E-state index is 0.0485. The zero-order valence-electron chi connectivity index (χ0n) is 13.2. The Balaban J connectivity index is 1.95. The molecular weight excluding hydrogens is 335 g/mol. The number of halogens is 1. The highest BCUT2D eigenvalue weighted by molar-refractivity contribution is 7.13. The summed E-state index contributed by atoms with van der Waals surface area (Å²) in [4.78, 5) is 27.6. The highest BCUT2D eigenvalue weighted by atomic mass is 32.1. The van der Waals surface area contributed by atoms with Crippen LogP contribution in [0.15, 0.2) is 24.3 Å². The minimum Gasteiger partial charge on any atom is -0.486 e. The van der Waals surface area contributed by atoms with E-state index in [-0.39, 0.29) is 24.9 Å². The number of amides is 1. The molecule has 128 valence electrons. The fraction of sp³-hybridized carbons (Fsp3) is 0.312. The van der Waals surface area contributed by atoms with E-state index in [0.29, 0.717) is 21.3 Å². The van der Waals surface area contributed by atoms with Gasteiger partial charge >= 0.3 is 5.97 Å². The standard InChI is InChI=1S/C16H17FN2O4S/c1-9(16(21)22)7-18-15(20)14-10(2)19-13(24-14)8-23-12-5-3-11(17)4-6-12/h3-6,9H,7-8H2,1-2H3,(H,18,20)(H,21,22). The number of carbonyl (C=O) groups is 2. The predicted octanol–water partition coefficient (Wildman–Crippen LogP) is 2.62. The smallest absolute Gasteiger partial charge is 0.308 e. The third-order valence-corrected chi connectivity index (χ3v) is 4.34. The molecule has 1 heterocycles. The molecule has 6 nitrogen and oxygen atoms in total. The van der Waals surface area contributed by atoms with Crippen molar-refractivity contribution in [2.45, 2.75) is 20.5 Å². The maximum absolute atomic E-state index is 12.8. The molecule has 1 amide bonds. The van der Waals surface area contributed by atoms with E-state index in [1.165, 1.54) is 42.5 Å². The van der Waals surface area contributed by atoms with Crippen LogP contribution in [-0.4, -0.2) is 28.5 Å². The Hall–Kier alpha value is -2.48. The van der Waals surface area contributed by atoms with Gasteiger partial charge in [-0.2, -0.15) is 0 Å². The molecule has 24 heavy (non-hydrogen) atoms. The molecule has 2 aromatic rings. The van der Waals surface area contributed by atoms with E-state index in [2.05, 4.69) is 10.3 Å². The Labute approximate surface area is 142 Å². The summed E-state index contributed by atoms with van der Waals surface area (Å²) in [5, 5.41) is 12.0. The Bertz CT molecular complexity index is 730. The van der Waals surface area contributed by atoms with Crippen molar-refractivity contribution in [1.82, 2.24) is 10.3 Å². The number of hydrogen-bond acceptors (Lipinski definition) is 5. The average molecular weight is 352 g/mol. The van der Waals surface area contributed by atoms with Crippen LogP contribution in [0, 0.1) is 18.7 Å². The number of nitrogens with one attached hydrogen (secondary N) is 1. The van der Waals surface area contributed by atoms with Crippen LogP contribution in [0.1, 0.15) is 27.3 Å². The number of hydrogen-bond donors (Lipinski definition) is 2. The zero-order chi connectivity index (χ0) is 17.7. The molecule has 2 N–H and O–H groups in total. The number of aliphatic carboxylic acids is 1. The van der Waals surface area contributed by atoms with Crippen LogP contribution < -0.4 is 10.1 Å². The van der Waals surface area contributed by atoms with E-state index in [0.717, 1.165) is 0 Å². The maximum atomic E-state index is 12.8. The van der Waals surface area contributed by atoms with Gasteiger partial charge in [0.2, 0.25) is 0 Å². The Morgan fingerprint density at radius 2 is 2.04 bits per heavy atom. The van der Waals surface area contributed by atoms with Crippen LogP contribution in [0.3, 0.4) is 0 Å². The molecule has 1 atom stereocenters. The van der Waals surface area contributed by atoms with Crippen LogP contribution in [0.2, 0.25) is 0 Å². The molecule has 0 radical (unpaired) electrons. The first-order valence-electron chi connectivity index (χ1n) is 7.22.